The zero-order valence-corrected chi connectivity index (χ0v) is 12.0. The predicted octanol–water partition coefficient (Wildman–Crippen LogP) is 2.03. The second-order valence-electron chi connectivity index (χ2n) is 5.33. The van der Waals surface area contributed by atoms with Gasteiger partial charge in [0.05, 0.1) is 7.11 Å². The minimum Gasteiger partial charge on any atom is -0.497 e. The second-order valence-corrected chi connectivity index (χ2v) is 5.33. The summed E-state index contributed by atoms with van der Waals surface area (Å²) in [4.78, 5) is 24.1. The van der Waals surface area contributed by atoms with Crippen molar-refractivity contribution in [3.05, 3.63) is 29.8 Å². The molecular formula is C15H18O5. The zero-order valence-electron chi connectivity index (χ0n) is 12.0. The third kappa shape index (κ3) is 2.48. The Morgan fingerprint density at radius 3 is 2.30 bits per heavy atom. The van der Waals surface area contributed by atoms with Crippen molar-refractivity contribution in [3.8, 4) is 5.75 Å². The molecule has 0 atom stereocenters. The zero-order chi connectivity index (χ0) is 14.9. The van der Waals surface area contributed by atoms with Gasteiger partial charge in [-0.1, -0.05) is 26.0 Å². The highest BCUT2D eigenvalue weighted by Gasteiger charge is 2.48. The Hall–Kier alpha value is -2.04. The highest BCUT2D eigenvalue weighted by Crippen LogP contribution is 2.37. The molecule has 0 unspecified atom stereocenters. The van der Waals surface area contributed by atoms with E-state index in [2.05, 4.69) is 0 Å². The number of hydrogen-bond acceptors (Lipinski definition) is 5. The van der Waals surface area contributed by atoms with Crippen LogP contribution in [0.1, 0.15) is 26.3 Å². The number of carbonyl (C=O) groups is 2. The average Bonchev–Trinajstić information content (AvgIpc) is 2.37. The number of cyclic esters (lactones) is 2. The van der Waals surface area contributed by atoms with Crippen LogP contribution in [0.5, 0.6) is 5.75 Å². The van der Waals surface area contributed by atoms with E-state index in [0.717, 1.165) is 5.56 Å². The summed E-state index contributed by atoms with van der Waals surface area (Å²) in [5.41, 5.74) is 0.0633. The largest absolute Gasteiger partial charge is 0.497 e. The van der Waals surface area contributed by atoms with Crippen LogP contribution in [0.3, 0.4) is 0 Å². The van der Waals surface area contributed by atoms with Crippen molar-refractivity contribution in [2.75, 3.05) is 7.11 Å². The maximum absolute atomic E-state index is 12.0. The van der Waals surface area contributed by atoms with E-state index in [-0.39, 0.29) is 0 Å². The molecule has 2 rings (SSSR count). The molecule has 108 valence electrons. The standard InChI is InChI=1S/C15H18O5/c1-9-19-13(16)12(14(17)20-9)15(2,3)10-6-5-7-11(8-10)18-4/h5-9,12H,1-4H3. The third-order valence-electron chi connectivity index (χ3n) is 3.57. The van der Waals surface area contributed by atoms with Gasteiger partial charge < -0.3 is 14.2 Å². The van der Waals surface area contributed by atoms with Gasteiger partial charge in [-0.05, 0) is 17.7 Å². The van der Waals surface area contributed by atoms with E-state index >= 15 is 0 Å². The fourth-order valence-corrected chi connectivity index (χ4v) is 2.36. The molecule has 0 aromatic heterocycles. The number of methoxy groups -OCH3 is 1. The molecule has 5 heteroatoms. The molecule has 0 N–H and O–H groups in total. The van der Waals surface area contributed by atoms with Crippen LogP contribution in [0.4, 0.5) is 0 Å². The summed E-state index contributed by atoms with van der Waals surface area (Å²) < 4.78 is 15.2. The maximum atomic E-state index is 12.0. The fraction of sp³-hybridized carbons (Fsp3) is 0.467. The van der Waals surface area contributed by atoms with E-state index in [1.165, 1.54) is 6.92 Å². The molecule has 1 saturated heterocycles. The number of benzene rings is 1. The van der Waals surface area contributed by atoms with E-state index in [1.54, 1.807) is 19.2 Å². The summed E-state index contributed by atoms with van der Waals surface area (Å²) in [5, 5.41) is 0. The van der Waals surface area contributed by atoms with Crippen LogP contribution in [0.25, 0.3) is 0 Å². The van der Waals surface area contributed by atoms with Gasteiger partial charge in [0.15, 0.2) is 5.92 Å². The van der Waals surface area contributed by atoms with Crippen molar-refractivity contribution in [3.63, 3.8) is 0 Å². The van der Waals surface area contributed by atoms with Crippen LogP contribution in [0.2, 0.25) is 0 Å². The first-order chi connectivity index (χ1) is 9.36. The SMILES string of the molecule is COc1cccc(C(C)(C)C2C(=O)OC(C)OC2=O)c1. The molecule has 0 radical (unpaired) electrons. The molecule has 0 bridgehead atoms. The van der Waals surface area contributed by atoms with Gasteiger partial charge in [-0.15, -0.1) is 0 Å². The van der Waals surface area contributed by atoms with Gasteiger partial charge in [0.1, 0.15) is 5.75 Å². The molecular weight excluding hydrogens is 260 g/mol. The molecule has 1 fully saturated rings. The normalized spacial score (nSPS) is 23.0. The number of carbonyl (C=O) groups excluding carboxylic acids is 2. The van der Waals surface area contributed by atoms with Gasteiger partial charge in [0.2, 0.25) is 6.29 Å². The molecule has 5 nitrogen and oxygen atoms in total. The molecule has 1 heterocycles. The van der Waals surface area contributed by atoms with Crippen molar-refractivity contribution in [1.82, 2.24) is 0 Å². The lowest BCUT2D eigenvalue weighted by Crippen LogP contribution is -2.48. The van der Waals surface area contributed by atoms with Crippen molar-refractivity contribution in [2.24, 2.45) is 5.92 Å². The van der Waals surface area contributed by atoms with Crippen molar-refractivity contribution >= 4 is 11.9 Å². The Balaban J connectivity index is 2.37. The first-order valence-corrected chi connectivity index (χ1v) is 6.42. The minimum absolute atomic E-state index is 0.554. The van der Waals surface area contributed by atoms with Crippen LogP contribution < -0.4 is 4.74 Å². The Labute approximate surface area is 117 Å². The van der Waals surface area contributed by atoms with Crippen LogP contribution >= 0.6 is 0 Å². The Morgan fingerprint density at radius 2 is 1.75 bits per heavy atom. The molecule has 1 aliphatic heterocycles. The molecule has 1 aliphatic rings. The molecule has 0 aliphatic carbocycles. The third-order valence-corrected chi connectivity index (χ3v) is 3.57. The minimum atomic E-state index is -0.981. The highest BCUT2D eigenvalue weighted by atomic mass is 16.7. The lowest BCUT2D eigenvalue weighted by atomic mass is 9.73. The van der Waals surface area contributed by atoms with Crippen LogP contribution in [0.15, 0.2) is 24.3 Å². The summed E-state index contributed by atoms with van der Waals surface area (Å²) in [7, 11) is 1.57. The number of esters is 2. The molecule has 1 aromatic rings. The summed E-state index contributed by atoms with van der Waals surface area (Å²) in [6, 6.07) is 7.27. The summed E-state index contributed by atoms with van der Waals surface area (Å²) in [6.07, 6.45) is -0.827. The first-order valence-electron chi connectivity index (χ1n) is 6.42. The van der Waals surface area contributed by atoms with Gasteiger partial charge in [0, 0.05) is 12.3 Å². The van der Waals surface area contributed by atoms with Gasteiger partial charge in [-0.3, -0.25) is 9.59 Å². The summed E-state index contributed by atoms with van der Waals surface area (Å²) in [6.45, 7) is 5.14. The van der Waals surface area contributed by atoms with Crippen LogP contribution in [-0.4, -0.2) is 25.3 Å². The van der Waals surface area contributed by atoms with E-state index in [0.29, 0.717) is 5.75 Å². The van der Waals surface area contributed by atoms with Gasteiger partial charge in [-0.2, -0.15) is 0 Å². The molecule has 0 amide bonds. The average molecular weight is 278 g/mol. The van der Waals surface area contributed by atoms with Crippen LogP contribution in [-0.2, 0) is 24.5 Å². The van der Waals surface area contributed by atoms with Crippen molar-refractivity contribution < 1.29 is 23.8 Å². The van der Waals surface area contributed by atoms with Gasteiger partial charge >= 0.3 is 11.9 Å². The number of rotatable bonds is 3. The second kappa shape index (κ2) is 5.15. The molecule has 0 spiro atoms. The van der Waals surface area contributed by atoms with E-state index in [9.17, 15) is 9.59 Å². The van der Waals surface area contributed by atoms with Gasteiger partial charge in [0.25, 0.3) is 0 Å². The lowest BCUT2D eigenvalue weighted by molar-refractivity contribution is -0.211. The molecule has 20 heavy (non-hydrogen) atoms. The monoisotopic (exact) mass is 278 g/mol. The summed E-state index contributed by atoms with van der Waals surface area (Å²) in [5.74, 6) is -1.42. The molecule has 1 aromatic carbocycles. The Bertz CT molecular complexity index is 517. The van der Waals surface area contributed by atoms with E-state index in [1.807, 2.05) is 26.0 Å². The van der Waals surface area contributed by atoms with Gasteiger partial charge in [-0.25, -0.2) is 0 Å². The Morgan fingerprint density at radius 1 is 1.15 bits per heavy atom. The predicted molar refractivity (Wildman–Crippen MR) is 71.2 cm³/mol. The topological polar surface area (TPSA) is 61.8 Å². The smallest absolute Gasteiger partial charge is 0.324 e. The Kier molecular flexibility index (Phi) is 3.70. The lowest BCUT2D eigenvalue weighted by Gasteiger charge is -2.35. The van der Waals surface area contributed by atoms with Crippen molar-refractivity contribution in [2.45, 2.75) is 32.5 Å². The highest BCUT2D eigenvalue weighted by molar-refractivity contribution is 5.98. The van der Waals surface area contributed by atoms with E-state index < -0.39 is 29.6 Å². The summed E-state index contributed by atoms with van der Waals surface area (Å²) >= 11 is 0. The fourth-order valence-electron chi connectivity index (χ4n) is 2.36. The van der Waals surface area contributed by atoms with Crippen molar-refractivity contribution in [1.29, 1.82) is 0 Å². The number of hydrogen-bond donors (Lipinski definition) is 0. The van der Waals surface area contributed by atoms with Crippen LogP contribution in [0, 0.1) is 5.92 Å². The first kappa shape index (κ1) is 14.4. The maximum Gasteiger partial charge on any atom is 0.324 e. The quantitative estimate of drug-likeness (QED) is 0.625. The number of ether oxygens (including phenoxy) is 3. The molecule has 0 saturated carbocycles. The van der Waals surface area contributed by atoms with E-state index in [4.69, 9.17) is 14.2 Å².